The molecule has 0 fully saturated rings. The van der Waals surface area contributed by atoms with Crippen LogP contribution in [0.3, 0.4) is 0 Å². The molecular weight excluding hydrogens is 348 g/mol. The van der Waals surface area contributed by atoms with Gasteiger partial charge in [0.1, 0.15) is 5.60 Å². The second-order valence-electron chi connectivity index (χ2n) is 7.75. The second kappa shape index (κ2) is 10.0. The summed E-state index contributed by atoms with van der Waals surface area (Å²) in [7, 11) is 3.05. The molecule has 1 aromatic rings. The number of methoxy groups -OCH3 is 2. The van der Waals surface area contributed by atoms with Crippen LogP contribution in [0.25, 0.3) is 0 Å². The van der Waals surface area contributed by atoms with E-state index in [9.17, 15) is 9.59 Å². The molecule has 1 rings (SSSR count). The van der Waals surface area contributed by atoms with Crippen LogP contribution in [0.4, 0.5) is 4.79 Å². The van der Waals surface area contributed by atoms with Gasteiger partial charge >= 0.3 is 6.09 Å². The van der Waals surface area contributed by atoms with Crippen molar-refractivity contribution in [3.63, 3.8) is 0 Å². The minimum Gasteiger partial charge on any atom is -0.493 e. The number of rotatable bonds is 8. The first-order valence-electron chi connectivity index (χ1n) is 9.05. The van der Waals surface area contributed by atoms with Crippen molar-refractivity contribution in [1.29, 1.82) is 0 Å². The molecule has 0 aliphatic carbocycles. The third-order valence-corrected chi connectivity index (χ3v) is 3.63. The van der Waals surface area contributed by atoms with Crippen LogP contribution in [-0.4, -0.2) is 44.4 Å². The molecule has 0 bridgehead atoms. The summed E-state index contributed by atoms with van der Waals surface area (Å²) in [6, 6.07) is 4.73. The van der Waals surface area contributed by atoms with Gasteiger partial charge in [-0.05, 0) is 51.3 Å². The molecule has 27 heavy (non-hydrogen) atoms. The second-order valence-corrected chi connectivity index (χ2v) is 7.75. The molecule has 1 aromatic carbocycles. The predicted octanol–water partition coefficient (Wildman–Crippen LogP) is 3.37. The topological polar surface area (TPSA) is 85.9 Å². The summed E-state index contributed by atoms with van der Waals surface area (Å²) in [5, 5.41) is 5.69. The van der Waals surface area contributed by atoms with Gasteiger partial charge < -0.3 is 24.8 Å². The van der Waals surface area contributed by atoms with E-state index in [0.717, 1.165) is 0 Å². The van der Waals surface area contributed by atoms with E-state index >= 15 is 0 Å². The van der Waals surface area contributed by atoms with Crippen LogP contribution >= 0.6 is 0 Å². The SMILES string of the molecule is COc1ccc(C(=O)NC[C@H](CC(C)C)NC(=O)OC(C)(C)C)cc1OC. The van der Waals surface area contributed by atoms with Gasteiger partial charge in [0.2, 0.25) is 0 Å². The summed E-state index contributed by atoms with van der Waals surface area (Å²) < 4.78 is 15.7. The predicted molar refractivity (Wildman–Crippen MR) is 104 cm³/mol. The summed E-state index contributed by atoms with van der Waals surface area (Å²) in [6.07, 6.45) is 0.222. The Kier molecular flexibility index (Phi) is 8.40. The van der Waals surface area contributed by atoms with Gasteiger partial charge in [-0.15, -0.1) is 0 Å². The standard InChI is InChI=1S/C20H32N2O5/c1-13(2)10-15(22-19(24)27-20(3,4)5)12-21-18(23)14-8-9-16(25-6)17(11-14)26-7/h8-9,11,13,15H,10,12H2,1-7H3,(H,21,23)(H,22,24)/t15-/m0/s1. The van der Waals surface area contributed by atoms with Crippen molar-refractivity contribution >= 4 is 12.0 Å². The lowest BCUT2D eigenvalue weighted by Crippen LogP contribution is -2.46. The Labute approximate surface area is 161 Å². The zero-order valence-electron chi connectivity index (χ0n) is 17.3. The molecule has 7 heteroatoms. The summed E-state index contributed by atoms with van der Waals surface area (Å²) in [4.78, 5) is 24.5. The number of amides is 2. The molecule has 0 aromatic heterocycles. The van der Waals surface area contributed by atoms with Gasteiger partial charge in [0.05, 0.1) is 14.2 Å². The lowest BCUT2D eigenvalue weighted by atomic mass is 10.0. The number of alkyl carbamates (subject to hydrolysis) is 1. The maximum Gasteiger partial charge on any atom is 0.407 e. The summed E-state index contributed by atoms with van der Waals surface area (Å²) >= 11 is 0. The molecule has 1 atom stereocenters. The van der Waals surface area contributed by atoms with Crippen molar-refractivity contribution in [3.8, 4) is 11.5 Å². The van der Waals surface area contributed by atoms with E-state index in [1.807, 2.05) is 20.8 Å². The van der Waals surface area contributed by atoms with Crippen molar-refractivity contribution in [2.45, 2.75) is 52.7 Å². The van der Waals surface area contributed by atoms with Gasteiger partial charge in [-0.3, -0.25) is 4.79 Å². The molecule has 0 aliphatic rings. The lowest BCUT2D eigenvalue weighted by Gasteiger charge is -2.25. The maximum atomic E-state index is 12.5. The third-order valence-electron chi connectivity index (χ3n) is 3.63. The zero-order chi connectivity index (χ0) is 20.6. The van der Waals surface area contributed by atoms with Crippen LogP contribution in [0.15, 0.2) is 18.2 Å². The fourth-order valence-electron chi connectivity index (χ4n) is 2.53. The number of carbonyl (C=O) groups excluding carboxylic acids is 2. The Balaban J connectivity index is 2.74. The molecule has 0 aliphatic heterocycles. The van der Waals surface area contributed by atoms with Crippen LogP contribution in [-0.2, 0) is 4.74 Å². The Morgan fingerprint density at radius 2 is 1.70 bits per heavy atom. The maximum absolute atomic E-state index is 12.5. The fraction of sp³-hybridized carbons (Fsp3) is 0.600. The molecule has 152 valence electrons. The average molecular weight is 380 g/mol. The zero-order valence-corrected chi connectivity index (χ0v) is 17.3. The first-order valence-corrected chi connectivity index (χ1v) is 9.05. The van der Waals surface area contributed by atoms with Crippen LogP contribution in [0.1, 0.15) is 51.4 Å². The number of nitrogens with one attached hydrogen (secondary N) is 2. The van der Waals surface area contributed by atoms with Gasteiger partial charge in [-0.2, -0.15) is 0 Å². The number of carbonyl (C=O) groups is 2. The van der Waals surface area contributed by atoms with E-state index < -0.39 is 11.7 Å². The molecule has 0 unspecified atom stereocenters. The summed E-state index contributed by atoms with van der Waals surface area (Å²) in [5.74, 6) is 1.13. The van der Waals surface area contributed by atoms with E-state index in [-0.39, 0.29) is 11.9 Å². The van der Waals surface area contributed by atoms with Gasteiger partial charge in [0.15, 0.2) is 11.5 Å². The van der Waals surface area contributed by atoms with Gasteiger partial charge in [-0.1, -0.05) is 13.8 Å². The highest BCUT2D eigenvalue weighted by molar-refractivity contribution is 5.94. The Morgan fingerprint density at radius 1 is 1.07 bits per heavy atom. The number of ether oxygens (including phenoxy) is 3. The normalized spacial score (nSPS) is 12.3. The highest BCUT2D eigenvalue weighted by atomic mass is 16.6. The molecule has 0 saturated carbocycles. The van der Waals surface area contributed by atoms with Crippen molar-refractivity contribution < 1.29 is 23.8 Å². The van der Waals surface area contributed by atoms with Crippen molar-refractivity contribution in [2.24, 2.45) is 5.92 Å². The average Bonchev–Trinajstić information content (AvgIpc) is 2.56. The molecule has 7 nitrogen and oxygen atoms in total. The number of hydrogen-bond donors (Lipinski definition) is 2. The Hall–Kier alpha value is -2.44. The van der Waals surface area contributed by atoms with Gasteiger partial charge in [0.25, 0.3) is 5.91 Å². The van der Waals surface area contributed by atoms with E-state index in [0.29, 0.717) is 35.9 Å². The van der Waals surface area contributed by atoms with Gasteiger partial charge in [-0.25, -0.2) is 4.79 Å². The minimum absolute atomic E-state index is 0.232. The Morgan fingerprint density at radius 3 is 2.22 bits per heavy atom. The highest BCUT2D eigenvalue weighted by Gasteiger charge is 2.21. The first kappa shape index (κ1) is 22.6. The van der Waals surface area contributed by atoms with E-state index in [1.54, 1.807) is 18.2 Å². The van der Waals surface area contributed by atoms with Crippen LogP contribution in [0, 0.1) is 5.92 Å². The van der Waals surface area contributed by atoms with Crippen molar-refractivity contribution in [1.82, 2.24) is 10.6 Å². The van der Waals surface area contributed by atoms with E-state index in [4.69, 9.17) is 14.2 Å². The van der Waals surface area contributed by atoms with E-state index in [1.165, 1.54) is 14.2 Å². The molecular formula is C20H32N2O5. The summed E-state index contributed by atoms with van der Waals surface area (Å²) in [5.41, 5.74) is -0.122. The highest BCUT2D eigenvalue weighted by Crippen LogP contribution is 2.27. The monoisotopic (exact) mass is 380 g/mol. The fourth-order valence-corrected chi connectivity index (χ4v) is 2.53. The van der Waals surface area contributed by atoms with Crippen molar-refractivity contribution in [2.75, 3.05) is 20.8 Å². The number of hydrogen-bond acceptors (Lipinski definition) is 5. The molecule has 0 saturated heterocycles. The molecule has 2 amide bonds. The van der Waals surface area contributed by atoms with Crippen LogP contribution in [0.5, 0.6) is 11.5 Å². The minimum atomic E-state index is -0.574. The molecule has 0 heterocycles. The molecule has 0 spiro atoms. The lowest BCUT2D eigenvalue weighted by molar-refractivity contribution is 0.0496. The molecule has 2 N–H and O–H groups in total. The van der Waals surface area contributed by atoms with Crippen molar-refractivity contribution in [3.05, 3.63) is 23.8 Å². The van der Waals surface area contributed by atoms with Crippen LogP contribution < -0.4 is 20.1 Å². The quantitative estimate of drug-likeness (QED) is 0.722. The Bertz CT molecular complexity index is 638. The van der Waals surface area contributed by atoms with E-state index in [2.05, 4.69) is 24.5 Å². The first-order chi connectivity index (χ1) is 12.6. The van der Waals surface area contributed by atoms with Gasteiger partial charge in [0, 0.05) is 18.2 Å². The third kappa shape index (κ3) is 8.19. The van der Waals surface area contributed by atoms with Crippen LogP contribution in [0.2, 0.25) is 0 Å². The largest absolute Gasteiger partial charge is 0.493 e. The number of benzene rings is 1. The smallest absolute Gasteiger partial charge is 0.407 e. The summed E-state index contributed by atoms with van der Waals surface area (Å²) in [6.45, 7) is 9.83. The molecule has 0 radical (unpaired) electrons.